The van der Waals surface area contributed by atoms with Gasteiger partial charge in [0.15, 0.2) is 18.5 Å². The molecule has 8 nitrogen and oxygen atoms in total. The van der Waals surface area contributed by atoms with Crippen LogP contribution in [0.5, 0.6) is 0 Å². The molecular weight excluding hydrogens is 464 g/mol. The monoisotopic (exact) mass is 490 g/mol. The molecule has 1 saturated heterocycles. The zero-order valence-corrected chi connectivity index (χ0v) is 19.8. The highest BCUT2D eigenvalue weighted by molar-refractivity contribution is 5.91. The molecule has 186 valence electrons. The highest BCUT2D eigenvalue weighted by Gasteiger charge is 2.50. The number of carbonyl (C=O) groups excluding carboxylic acids is 3. The second-order valence-electron chi connectivity index (χ2n) is 8.50. The number of benzene rings is 3. The van der Waals surface area contributed by atoms with E-state index in [1.807, 2.05) is 13.8 Å². The van der Waals surface area contributed by atoms with Crippen LogP contribution in [0.25, 0.3) is 0 Å². The average molecular weight is 491 g/mol. The van der Waals surface area contributed by atoms with Crippen LogP contribution in [-0.2, 0) is 18.9 Å². The molecule has 4 unspecified atom stereocenters. The van der Waals surface area contributed by atoms with Crippen LogP contribution in [0.4, 0.5) is 0 Å². The van der Waals surface area contributed by atoms with E-state index in [2.05, 4.69) is 0 Å². The molecule has 0 radical (unpaired) electrons. The Labute approximate surface area is 208 Å². The molecule has 4 atom stereocenters. The summed E-state index contributed by atoms with van der Waals surface area (Å²) in [4.78, 5) is 38.0. The lowest BCUT2D eigenvalue weighted by molar-refractivity contribution is -0.135. The van der Waals surface area contributed by atoms with Gasteiger partial charge in [0, 0.05) is 0 Å². The van der Waals surface area contributed by atoms with Crippen LogP contribution in [0.2, 0.25) is 0 Å². The summed E-state index contributed by atoms with van der Waals surface area (Å²) in [5, 5.41) is 10.5. The Bertz CT molecular complexity index is 1200. The summed E-state index contributed by atoms with van der Waals surface area (Å²) in [6.45, 7) is 3.44. The first kappa shape index (κ1) is 25.1. The Balaban J connectivity index is 1.51. The fourth-order valence-corrected chi connectivity index (χ4v) is 3.69. The van der Waals surface area contributed by atoms with Gasteiger partial charge in [-0.25, -0.2) is 14.4 Å². The van der Waals surface area contributed by atoms with E-state index in [0.29, 0.717) is 5.56 Å². The van der Waals surface area contributed by atoms with Gasteiger partial charge >= 0.3 is 17.9 Å². The Morgan fingerprint density at radius 2 is 1.17 bits per heavy atom. The third-order valence-corrected chi connectivity index (χ3v) is 5.73. The Morgan fingerprint density at radius 3 is 1.72 bits per heavy atom. The van der Waals surface area contributed by atoms with Crippen LogP contribution in [0.15, 0.2) is 78.9 Å². The Kier molecular flexibility index (Phi) is 7.77. The smallest absolute Gasteiger partial charge is 0.338 e. The van der Waals surface area contributed by atoms with Gasteiger partial charge in [-0.05, 0) is 50.2 Å². The highest BCUT2D eigenvalue weighted by atomic mass is 16.7. The number of rotatable bonds is 7. The van der Waals surface area contributed by atoms with Gasteiger partial charge in [-0.1, -0.05) is 53.6 Å². The molecule has 8 heteroatoms. The minimum Gasteiger partial charge on any atom is -0.459 e. The van der Waals surface area contributed by atoms with Crippen LogP contribution in [-0.4, -0.2) is 54.2 Å². The molecule has 1 aliphatic rings. The maximum absolute atomic E-state index is 12.8. The molecule has 4 rings (SSSR count). The van der Waals surface area contributed by atoms with Gasteiger partial charge in [0.2, 0.25) is 0 Å². The molecule has 0 amide bonds. The second-order valence-corrected chi connectivity index (χ2v) is 8.50. The predicted octanol–water partition coefficient (Wildman–Crippen LogP) is 3.63. The number of hydrogen-bond donors (Lipinski definition) is 1. The molecule has 0 spiro atoms. The van der Waals surface area contributed by atoms with Crippen LogP contribution >= 0.6 is 0 Å². The SMILES string of the molecule is Cc1ccc(C(=O)OCC2OC(O)C(OC(=O)c3ccccc3)C2OC(=O)c2ccc(C)cc2)cc1. The number of aliphatic hydroxyl groups excluding tert-OH is 1. The van der Waals surface area contributed by atoms with Gasteiger partial charge in [-0.2, -0.15) is 0 Å². The number of carbonyl (C=O) groups is 3. The number of hydrogen-bond acceptors (Lipinski definition) is 8. The van der Waals surface area contributed by atoms with Crippen molar-refractivity contribution in [2.75, 3.05) is 6.61 Å². The van der Waals surface area contributed by atoms with Crippen molar-refractivity contribution in [3.8, 4) is 0 Å². The van der Waals surface area contributed by atoms with Crippen molar-refractivity contribution in [2.24, 2.45) is 0 Å². The van der Waals surface area contributed by atoms with Crippen LogP contribution in [0.3, 0.4) is 0 Å². The van der Waals surface area contributed by atoms with Crippen molar-refractivity contribution in [2.45, 2.75) is 38.4 Å². The van der Waals surface area contributed by atoms with Crippen molar-refractivity contribution in [3.63, 3.8) is 0 Å². The van der Waals surface area contributed by atoms with E-state index in [-0.39, 0.29) is 17.7 Å². The molecular formula is C28H26O8. The van der Waals surface area contributed by atoms with Gasteiger partial charge in [0.1, 0.15) is 12.7 Å². The topological polar surface area (TPSA) is 108 Å². The summed E-state index contributed by atoms with van der Waals surface area (Å²) in [6.07, 6.45) is -5.24. The zero-order valence-electron chi connectivity index (χ0n) is 19.8. The van der Waals surface area contributed by atoms with E-state index >= 15 is 0 Å². The lowest BCUT2D eigenvalue weighted by atomic mass is 10.1. The quantitative estimate of drug-likeness (QED) is 0.395. The summed E-state index contributed by atoms with van der Waals surface area (Å²) in [6, 6.07) is 21.7. The van der Waals surface area contributed by atoms with Crippen molar-refractivity contribution < 1.29 is 38.4 Å². The number of aryl methyl sites for hydroxylation is 2. The molecule has 0 aromatic heterocycles. The van der Waals surface area contributed by atoms with Gasteiger partial charge in [-0.15, -0.1) is 0 Å². The molecule has 0 saturated carbocycles. The lowest BCUT2D eigenvalue weighted by Crippen LogP contribution is -2.42. The van der Waals surface area contributed by atoms with E-state index in [4.69, 9.17) is 18.9 Å². The molecule has 1 N–H and O–H groups in total. The predicted molar refractivity (Wildman–Crippen MR) is 128 cm³/mol. The van der Waals surface area contributed by atoms with Gasteiger partial charge in [0.05, 0.1) is 16.7 Å². The molecule has 1 fully saturated rings. The normalized spacial score (nSPS) is 21.0. The van der Waals surface area contributed by atoms with Crippen molar-refractivity contribution in [3.05, 3.63) is 107 Å². The number of aliphatic hydroxyl groups is 1. The van der Waals surface area contributed by atoms with Gasteiger partial charge in [-0.3, -0.25) is 0 Å². The van der Waals surface area contributed by atoms with Crippen molar-refractivity contribution in [1.29, 1.82) is 0 Å². The van der Waals surface area contributed by atoms with Crippen molar-refractivity contribution in [1.82, 2.24) is 0 Å². The fourth-order valence-electron chi connectivity index (χ4n) is 3.69. The average Bonchev–Trinajstić information content (AvgIpc) is 3.17. The zero-order chi connectivity index (χ0) is 25.7. The maximum Gasteiger partial charge on any atom is 0.338 e. The summed E-state index contributed by atoms with van der Waals surface area (Å²) >= 11 is 0. The summed E-state index contributed by atoms with van der Waals surface area (Å²) in [7, 11) is 0. The molecule has 0 bridgehead atoms. The van der Waals surface area contributed by atoms with E-state index in [1.54, 1.807) is 78.9 Å². The second kappa shape index (κ2) is 11.2. The fraction of sp³-hybridized carbons (Fsp3) is 0.250. The third-order valence-electron chi connectivity index (χ3n) is 5.73. The minimum absolute atomic E-state index is 0.252. The Hall–Kier alpha value is -4.01. The largest absolute Gasteiger partial charge is 0.459 e. The van der Waals surface area contributed by atoms with Gasteiger partial charge < -0.3 is 24.1 Å². The molecule has 3 aromatic carbocycles. The maximum atomic E-state index is 12.8. The summed E-state index contributed by atoms with van der Waals surface area (Å²) in [5.41, 5.74) is 2.80. The molecule has 3 aromatic rings. The first-order valence-electron chi connectivity index (χ1n) is 11.4. The first-order valence-corrected chi connectivity index (χ1v) is 11.4. The number of ether oxygens (including phenoxy) is 4. The lowest BCUT2D eigenvalue weighted by Gasteiger charge is -2.23. The summed E-state index contributed by atoms with van der Waals surface area (Å²) < 4.78 is 22.0. The van der Waals surface area contributed by atoms with E-state index in [1.165, 1.54) is 0 Å². The standard InChI is InChI=1S/C28H26O8/c1-17-8-12-20(13-9-17)25(29)33-16-22-23(35-27(31)21-14-10-18(2)11-15-21)24(28(32)34-22)36-26(30)19-6-4-3-5-7-19/h3-15,22-24,28,32H,16H2,1-2H3. The number of esters is 3. The van der Waals surface area contributed by atoms with Gasteiger partial charge in [0.25, 0.3) is 0 Å². The highest BCUT2D eigenvalue weighted by Crippen LogP contribution is 2.28. The molecule has 1 aliphatic heterocycles. The van der Waals surface area contributed by atoms with Crippen LogP contribution in [0, 0.1) is 13.8 Å². The molecule has 1 heterocycles. The Morgan fingerprint density at radius 1 is 0.694 bits per heavy atom. The van der Waals surface area contributed by atoms with Crippen LogP contribution < -0.4 is 0 Å². The first-order chi connectivity index (χ1) is 17.3. The minimum atomic E-state index is -1.60. The van der Waals surface area contributed by atoms with Crippen molar-refractivity contribution >= 4 is 17.9 Å². The molecule has 0 aliphatic carbocycles. The third kappa shape index (κ3) is 5.97. The van der Waals surface area contributed by atoms with E-state index in [9.17, 15) is 19.5 Å². The molecule has 36 heavy (non-hydrogen) atoms. The van der Waals surface area contributed by atoms with Crippen LogP contribution in [0.1, 0.15) is 42.2 Å². The summed E-state index contributed by atoms with van der Waals surface area (Å²) in [5.74, 6) is -2.04. The van der Waals surface area contributed by atoms with E-state index in [0.717, 1.165) is 11.1 Å². The van der Waals surface area contributed by atoms with E-state index < -0.39 is 42.5 Å².